The number of rotatable bonds is 23. The van der Waals surface area contributed by atoms with Gasteiger partial charge in [-0.1, -0.05) is 42.5 Å². The van der Waals surface area contributed by atoms with Gasteiger partial charge in [0.1, 0.15) is 24.4 Å². The molecule has 12 heteroatoms. The summed E-state index contributed by atoms with van der Waals surface area (Å²) in [4.78, 5) is 42.9. The average molecular weight is 818 g/mol. The van der Waals surface area contributed by atoms with E-state index in [0.717, 1.165) is 6.42 Å². The summed E-state index contributed by atoms with van der Waals surface area (Å²) >= 11 is 0. The lowest BCUT2D eigenvalue weighted by molar-refractivity contribution is -0.134. The number of benzene rings is 1. The van der Waals surface area contributed by atoms with E-state index in [1.54, 1.807) is 34.6 Å². The van der Waals surface area contributed by atoms with Gasteiger partial charge >= 0.3 is 18.3 Å². The lowest BCUT2D eigenvalue weighted by Crippen LogP contribution is -2.29. The molecule has 12 nitrogen and oxygen atoms in total. The van der Waals surface area contributed by atoms with Gasteiger partial charge in [-0.3, -0.25) is 9.78 Å². The number of hydrogen-bond donors (Lipinski definition) is 3. The second kappa shape index (κ2) is 24.3. The Kier molecular flexibility index (Phi) is 19.9. The first kappa shape index (κ1) is 48.5. The Hall–Kier alpha value is -4.88. The molecule has 1 saturated carbocycles. The number of aryl methyl sites for hydroxylation is 2. The number of aromatic nitrogens is 1. The predicted molar refractivity (Wildman–Crippen MR) is 223 cm³/mol. The normalized spacial score (nSPS) is 18.4. The summed E-state index contributed by atoms with van der Waals surface area (Å²) in [6.07, 6.45) is 18.6. The minimum absolute atomic E-state index is 0.0591. The van der Waals surface area contributed by atoms with Gasteiger partial charge in [-0.2, -0.15) is 0 Å². The molecule has 0 saturated heterocycles. The SMILES string of the molecule is C#CCCC(C)(C)OC(=O)OCc1cnc(C)c(OC(=O)CCC/C=C\C[C@@H]2[C@@H](CC[C@@H](O)CCc3ccccc3)[C@H](O)C[C@@H]2O)c1COC(=O)OC(C)(C)CCC#C. The lowest BCUT2D eigenvalue weighted by atomic mass is 9.85. The Morgan fingerprint density at radius 3 is 2.14 bits per heavy atom. The van der Waals surface area contributed by atoms with E-state index in [1.807, 2.05) is 42.5 Å². The first-order valence-electron chi connectivity index (χ1n) is 20.5. The molecule has 1 heterocycles. The van der Waals surface area contributed by atoms with Gasteiger partial charge in [0.25, 0.3) is 0 Å². The first-order chi connectivity index (χ1) is 28.0. The molecule has 59 heavy (non-hydrogen) atoms. The van der Waals surface area contributed by atoms with Crippen molar-refractivity contribution in [1.82, 2.24) is 4.98 Å². The molecule has 0 spiro atoms. The highest BCUT2D eigenvalue weighted by atomic mass is 16.7. The molecule has 0 radical (unpaired) electrons. The fraction of sp³-hybridized carbons (Fsp3) is 0.574. The van der Waals surface area contributed by atoms with Crippen LogP contribution in [0.4, 0.5) is 9.59 Å². The maximum absolute atomic E-state index is 13.2. The number of hydrogen-bond acceptors (Lipinski definition) is 12. The molecule has 1 aliphatic carbocycles. The molecule has 3 rings (SSSR count). The third kappa shape index (κ3) is 17.5. The molecular weight excluding hydrogens is 755 g/mol. The van der Waals surface area contributed by atoms with E-state index < -0.39 is 47.8 Å². The largest absolute Gasteiger partial charge is 0.509 e. The van der Waals surface area contributed by atoms with Crippen molar-refractivity contribution in [3.63, 3.8) is 0 Å². The van der Waals surface area contributed by atoms with Crippen LogP contribution in [0.25, 0.3) is 0 Å². The van der Waals surface area contributed by atoms with E-state index in [0.29, 0.717) is 81.9 Å². The molecule has 1 aliphatic rings. The zero-order chi connectivity index (χ0) is 43.4. The van der Waals surface area contributed by atoms with Crippen LogP contribution in [0.15, 0.2) is 48.7 Å². The van der Waals surface area contributed by atoms with Crippen molar-refractivity contribution in [3.05, 3.63) is 71.1 Å². The number of carbonyl (C=O) groups excluding carboxylic acids is 3. The summed E-state index contributed by atoms with van der Waals surface area (Å²) in [5, 5.41) is 32.0. The highest BCUT2D eigenvalue weighted by Gasteiger charge is 2.40. The van der Waals surface area contributed by atoms with Crippen LogP contribution in [-0.4, -0.2) is 68.1 Å². The lowest BCUT2D eigenvalue weighted by Gasteiger charge is -2.24. The molecule has 0 aliphatic heterocycles. The fourth-order valence-corrected chi connectivity index (χ4v) is 7.03. The Labute approximate surface area is 350 Å². The van der Waals surface area contributed by atoms with Crippen molar-refractivity contribution in [2.24, 2.45) is 11.8 Å². The molecule has 0 amide bonds. The highest BCUT2D eigenvalue weighted by molar-refractivity contribution is 5.73. The number of allylic oxidation sites excluding steroid dienone is 2. The monoisotopic (exact) mass is 817 g/mol. The van der Waals surface area contributed by atoms with E-state index >= 15 is 0 Å². The van der Waals surface area contributed by atoms with Crippen LogP contribution >= 0.6 is 0 Å². The van der Waals surface area contributed by atoms with E-state index in [9.17, 15) is 29.7 Å². The smallest absolute Gasteiger partial charge is 0.429 e. The number of nitrogens with zero attached hydrogens (tertiary/aromatic N) is 1. The molecule has 5 atom stereocenters. The zero-order valence-electron chi connectivity index (χ0n) is 35.3. The molecule has 322 valence electrons. The summed E-state index contributed by atoms with van der Waals surface area (Å²) in [5.74, 6) is 4.31. The quantitative estimate of drug-likeness (QED) is 0.0426. The van der Waals surface area contributed by atoms with Crippen LogP contribution in [0, 0.1) is 43.4 Å². The first-order valence-corrected chi connectivity index (χ1v) is 20.5. The summed E-state index contributed by atoms with van der Waals surface area (Å²) in [6.45, 7) is 7.78. The van der Waals surface area contributed by atoms with Gasteiger partial charge in [0.15, 0.2) is 5.75 Å². The summed E-state index contributed by atoms with van der Waals surface area (Å²) in [7, 11) is 0. The van der Waals surface area contributed by atoms with E-state index in [1.165, 1.54) is 11.8 Å². The van der Waals surface area contributed by atoms with E-state index in [-0.39, 0.29) is 42.8 Å². The number of unbranched alkanes of at least 4 members (excludes halogenated alkanes) is 1. The number of esters is 1. The van der Waals surface area contributed by atoms with Crippen LogP contribution in [0.2, 0.25) is 0 Å². The maximum Gasteiger partial charge on any atom is 0.509 e. The van der Waals surface area contributed by atoms with Gasteiger partial charge < -0.3 is 39.0 Å². The van der Waals surface area contributed by atoms with Gasteiger partial charge in [0.2, 0.25) is 0 Å². The van der Waals surface area contributed by atoms with Crippen molar-refractivity contribution < 1.29 is 53.4 Å². The molecule has 2 aromatic rings. The zero-order valence-corrected chi connectivity index (χ0v) is 35.3. The van der Waals surface area contributed by atoms with Crippen molar-refractivity contribution in [2.75, 3.05) is 0 Å². The minimum atomic E-state index is -0.963. The predicted octanol–water partition coefficient (Wildman–Crippen LogP) is 8.23. The number of pyridine rings is 1. The highest BCUT2D eigenvalue weighted by Crippen LogP contribution is 2.38. The van der Waals surface area contributed by atoms with Gasteiger partial charge in [0, 0.05) is 36.6 Å². The fourth-order valence-electron chi connectivity index (χ4n) is 7.03. The number of carbonyl (C=O) groups is 3. The molecule has 1 fully saturated rings. The van der Waals surface area contributed by atoms with Gasteiger partial charge in [-0.05, 0) is 116 Å². The Balaban J connectivity index is 1.59. The molecule has 1 aromatic carbocycles. The van der Waals surface area contributed by atoms with Crippen LogP contribution in [0.3, 0.4) is 0 Å². The van der Waals surface area contributed by atoms with Gasteiger partial charge in [0.05, 0.1) is 24.0 Å². The second-order valence-corrected chi connectivity index (χ2v) is 16.4. The molecule has 0 bridgehead atoms. The Morgan fingerprint density at radius 1 is 0.898 bits per heavy atom. The van der Waals surface area contributed by atoms with Crippen LogP contribution in [0.1, 0.15) is 127 Å². The minimum Gasteiger partial charge on any atom is -0.429 e. The molecular formula is C47H63NO11. The third-order valence-electron chi connectivity index (χ3n) is 10.6. The molecule has 1 aromatic heterocycles. The maximum atomic E-state index is 13.2. The molecule has 3 N–H and O–H groups in total. The van der Waals surface area contributed by atoms with Gasteiger partial charge in [-0.25, -0.2) is 9.59 Å². The average Bonchev–Trinajstić information content (AvgIpc) is 3.46. The van der Waals surface area contributed by atoms with Crippen LogP contribution in [-0.2, 0) is 43.4 Å². The summed E-state index contributed by atoms with van der Waals surface area (Å²) in [6, 6.07) is 10.0. The Bertz CT molecular complexity index is 1760. The third-order valence-corrected chi connectivity index (χ3v) is 10.6. The van der Waals surface area contributed by atoms with Crippen molar-refractivity contribution in [2.45, 2.75) is 161 Å². The van der Waals surface area contributed by atoms with E-state index in [2.05, 4.69) is 16.8 Å². The standard InChI is InChI=1S/C47H63NO11/c1-8-10-27-46(4,5)58-44(53)55-31-35-30-48-33(3)43(39(35)32-56-45(54)59-47(6,7)28-11-9-2)57-42(52)22-18-13-12-17-21-37-38(41(51)29-40(37)50)26-25-36(49)24-23-34-19-15-14-16-20-34/h1-2,12,14-17,19-20,30,36-38,40-41,49-51H,10-11,13,18,21-29,31-32H2,3-7H3/b17-12-/t36-,37+,38+,40-,41+/m0/s1. The molecule has 0 unspecified atom stereocenters. The second-order valence-electron chi connectivity index (χ2n) is 16.4. The number of ether oxygens (including phenoxy) is 5. The van der Waals surface area contributed by atoms with Crippen LogP contribution < -0.4 is 4.74 Å². The van der Waals surface area contributed by atoms with Crippen LogP contribution in [0.5, 0.6) is 5.75 Å². The topological polar surface area (TPSA) is 171 Å². The summed E-state index contributed by atoms with van der Waals surface area (Å²) in [5.41, 5.74) is 0.331. The summed E-state index contributed by atoms with van der Waals surface area (Å²) < 4.78 is 27.6. The number of aliphatic hydroxyl groups excluding tert-OH is 3. The van der Waals surface area contributed by atoms with Crippen molar-refractivity contribution >= 4 is 18.3 Å². The van der Waals surface area contributed by atoms with E-state index in [4.69, 9.17) is 36.5 Å². The van der Waals surface area contributed by atoms with Crippen molar-refractivity contribution in [3.8, 4) is 30.4 Å². The van der Waals surface area contributed by atoms with Crippen molar-refractivity contribution in [1.29, 1.82) is 0 Å². The Morgan fingerprint density at radius 2 is 1.51 bits per heavy atom. The number of terminal acetylenes is 2. The van der Waals surface area contributed by atoms with Gasteiger partial charge in [-0.15, -0.1) is 24.7 Å². The number of aliphatic hydroxyl groups is 3.